The van der Waals surface area contributed by atoms with E-state index in [9.17, 15) is 4.79 Å². The summed E-state index contributed by atoms with van der Waals surface area (Å²) < 4.78 is 4.55. The third kappa shape index (κ3) is 9.05. The lowest BCUT2D eigenvalue weighted by Crippen LogP contribution is -2.27. The molecule has 2 N–H and O–H groups in total. The van der Waals surface area contributed by atoms with Gasteiger partial charge in [-0.2, -0.15) is 0 Å². The molecular weight excluding hydrogens is 190 g/mol. The number of hydrogen-bond donors (Lipinski definition) is 2. The van der Waals surface area contributed by atoms with Gasteiger partial charge in [-0.1, -0.05) is 5.92 Å². The van der Waals surface area contributed by atoms with Gasteiger partial charge < -0.3 is 15.2 Å². The molecule has 0 aromatic carbocycles. The second-order valence-electron chi connectivity index (χ2n) is 2.04. The summed E-state index contributed by atoms with van der Waals surface area (Å²) >= 11 is 1.56. The van der Waals surface area contributed by atoms with Crippen molar-refractivity contribution in [1.82, 2.24) is 5.32 Å². The van der Waals surface area contributed by atoms with E-state index in [1.807, 2.05) is 0 Å². The van der Waals surface area contributed by atoms with Crippen molar-refractivity contribution in [2.45, 2.75) is 0 Å². The highest BCUT2D eigenvalue weighted by Crippen LogP contribution is 1.95. The van der Waals surface area contributed by atoms with E-state index in [1.54, 1.807) is 11.8 Å². The fraction of sp³-hybridized carbons (Fsp3) is 0.625. The van der Waals surface area contributed by atoms with Gasteiger partial charge in [-0.05, 0) is 0 Å². The van der Waals surface area contributed by atoms with E-state index >= 15 is 0 Å². The van der Waals surface area contributed by atoms with Crippen LogP contribution in [0.1, 0.15) is 0 Å². The lowest BCUT2D eigenvalue weighted by Gasteiger charge is -2.04. The summed E-state index contributed by atoms with van der Waals surface area (Å²) in [5.41, 5.74) is 0. The molecule has 0 aromatic rings. The Morgan fingerprint density at radius 2 is 2.46 bits per heavy atom. The van der Waals surface area contributed by atoms with Crippen molar-refractivity contribution in [2.24, 2.45) is 0 Å². The van der Waals surface area contributed by atoms with Crippen molar-refractivity contribution in [3.05, 3.63) is 0 Å². The zero-order valence-corrected chi connectivity index (χ0v) is 8.10. The number of carbonyl (C=O) groups excluding carboxylic acids is 1. The Bertz CT molecular complexity index is 179. The molecule has 0 rings (SSSR count). The van der Waals surface area contributed by atoms with Crippen molar-refractivity contribution >= 4 is 17.9 Å². The molecule has 0 unspecified atom stereocenters. The number of aliphatic hydroxyl groups excluding tert-OH is 1. The monoisotopic (exact) mass is 203 g/mol. The second-order valence-corrected chi connectivity index (χ2v) is 3.15. The van der Waals surface area contributed by atoms with Gasteiger partial charge in [-0.15, -0.1) is 18.2 Å². The summed E-state index contributed by atoms with van der Waals surface area (Å²) in [6, 6.07) is 0. The smallest absolute Gasteiger partial charge is 0.407 e. The standard InChI is InChI=1S/C8H13NO3S/c1-2-6-13-7-3-9-8(11)12-5-4-10/h1,10H,3-7H2,(H,9,11). The predicted molar refractivity (Wildman–Crippen MR) is 52.6 cm³/mol. The second kappa shape index (κ2) is 9.23. The zero-order valence-electron chi connectivity index (χ0n) is 7.28. The van der Waals surface area contributed by atoms with Crippen LogP contribution >= 0.6 is 11.8 Å². The minimum Gasteiger partial charge on any atom is -0.447 e. The quantitative estimate of drug-likeness (QED) is 0.474. The number of ether oxygens (including phenoxy) is 1. The van der Waals surface area contributed by atoms with E-state index in [4.69, 9.17) is 11.5 Å². The summed E-state index contributed by atoms with van der Waals surface area (Å²) in [7, 11) is 0. The van der Waals surface area contributed by atoms with Gasteiger partial charge >= 0.3 is 6.09 Å². The van der Waals surface area contributed by atoms with Crippen molar-refractivity contribution < 1.29 is 14.6 Å². The minimum atomic E-state index is -0.504. The lowest BCUT2D eigenvalue weighted by atomic mass is 10.7. The molecule has 13 heavy (non-hydrogen) atoms. The summed E-state index contributed by atoms with van der Waals surface area (Å²) in [6.45, 7) is 0.402. The molecule has 0 bridgehead atoms. The number of aliphatic hydroxyl groups is 1. The molecule has 74 valence electrons. The molecule has 0 heterocycles. The number of hydrogen-bond acceptors (Lipinski definition) is 4. The van der Waals surface area contributed by atoms with Crippen LogP contribution in [0.25, 0.3) is 0 Å². The Morgan fingerprint density at radius 3 is 3.08 bits per heavy atom. The molecule has 0 aliphatic carbocycles. The largest absolute Gasteiger partial charge is 0.447 e. The van der Waals surface area contributed by atoms with Crippen LogP contribution in [-0.2, 0) is 4.74 Å². The Morgan fingerprint density at radius 1 is 1.69 bits per heavy atom. The molecule has 4 nitrogen and oxygen atoms in total. The molecule has 0 aliphatic rings. The number of carbonyl (C=O) groups is 1. The maximum absolute atomic E-state index is 10.7. The van der Waals surface area contributed by atoms with E-state index in [-0.39, 0.29) is 13.2 Å². The Balaban J connectivity index is 3.13. The maximum atomic E-state index is 10.7. The number of rotatable bonds is 6. The third-order valence-electron chi connectivity index (χ3n) is 1.03. The first-order valence-corrected chi connectivity index (χ1v) is 4.99. The van der Waals surface area contributed by atoms with Crippen molar-refractivity contribution in [3.8, 4) is 12.3 Å². The van der Waals surface area contributed by atoms with E-state index in [1.165, 1.54) is 0 Å². The molecular formula is C8H13NO3S. The van der Waals surface area contributed by atoms with Crippen LogP contribution in [0.4, 0.5) is 4.79 Å². The van der Waals surface area contributed by atoms with Gasteiger partial charge in [-0.25, -0.2) is 4.79 Å². The van der Waals surface area contributed by atoms with Gasteiger partial charge in [0.15, 0.2) is 0 Å². The van der Waals surface area contributed by atoms with E-state index < -0.39 is 6.09 Å². The van der Waals surface area contributed by atoms with Crippen molar-refractivity contribution in [1.29, 1.82) is 0 Å². The van der Waals surface area contributed by atoms with Gasteiger partial charge in [-0.3, -0.25) is 0 Å². The molecule has 1 amide bonds. The van der Waals surface area contributed by atoms with E-state index in [2.05, 4.69) is 16.0 Å². The molecule has 0 saturated carbocycles. The summed E-state index contributed by atoms with van der Waals surface area (Å²) in [4.78, 5) is 10.7. The summed E-state index contributed by atoms with van der Waals surface area (Å²) in [6.07, 6.45) is 4.52. The Kier molecular flexibility index (Phi) is 8.62. The normalized spacial score (nSPS) is 8.92. The minimum absolute atomic E-state index is 0.0311. The number of alkyl carbamates (subject to hydrolysis) is 1. The van der Waals surface area contributed by atoms with Crippen LogP contribution in [-0.4, -0.2) is 42.5 Å². The summed E-state index contributed by atoms with van der Waals surface area (Å²) in [5.74, 6) is 3.88. The van der Waals surface area contributed by atoms with Crippen molar-refractivity contribution in [2.75, 3.05) is 31.3 Å². The molecule has 0 saturated heterocycles. The number of amides is 1. The zero-order chi connectivity index (χ0) is 9.94. The maximum Gasteiger partial charge on any atom is 0.407 e. The van der Waals surface area contributed by atoms with Crippen molar-refractivity contribution in [3.63, 3.8) is 0 Å². The molecule has 0 aliphatic heterocycles. The Labute approximate surface area is 82.0 Å². The number of nitrogens with one attached hydrogen (secondary N) is 1. The molecule has 0 atom stereocenters. The molecule has 0 fully saturated rings. The van der Waals surface area contributed by atoms with Crippen LogP contribution in [0.15, 0.2) is 0 Å². The fourth-order valence-corrected chi connectivity index (χ4v) is 1.05. The third-order valence-corrected chi connectivity index (χ3v) is 1.89. The fourth-order valence-electron chi connectivity index (χ4n) is 0.546. The Hall–Kier alpha value is -0.860. The topological polar surface area (TPSA) is 58.6 Å². The first-order valence-electron chi connectivity index (χ1n) is 3.84. The van der Waals surface area contributed by atoms with Gasteiger partial charge in [0.25, 0.3) is 0 Å². The lowest BCUT2D eigenvalue weighted by molar-refractivity contribution is 0.119. The van der Waals surface area contributed by atoms with Crippen LogP contribution in [0, 0.1) is 12.3 Å². The summed E-state index contributed by atoms with van der Waals surface area (Å²) in [5, 5.41) is 10.8. The molecule has 0 radical (unpaired) electrons. The predicted octanol–water partition coefficient (Wildman–Crippen LogP) is 0.0713. The van der Waals surface area contributed by atoms with Gasteiger partial charge in [0.2, 0.25) is 0 Å². The van der Waals surface area contributed by atoms with Crippen LogP contribution in [0.5, 0.6) is 0 Å². The van der Waals surface area contributed by atoms with Gasteiger partial charge in [0.1, 0.15) is 6.61 Å². The number of thioether (sulfide) groups is 1. The highest BCUT2D eigenvalue weighted by atomic mass is 32.2. The van der Waals surface area contributed by atoms with E-state index in [0.29, 0.717) is 12.3 Å². The van der Waals surface area contributed by atoms with Crippen LogP contribution in [0.2, 0.25) is 0 Å². The van der Waals surface area contributed by atoms with Crippen LogP contribution < -0.4 is 5.32 Å². The average Bonchev–Trinajstić information content (AvgIpc) is 2.14. The molecule has 5 heteroatoms. The average molecular weight is 203 g/mol. The van der Waals surface area contributed by atoms with E-state index in [0.717, 1.165) is 5.75 Å². The highest BCUT2D eigenvalue weighted by Gasteiger charge is 1.98. The first kappa shape index (κ1) is 12.1. The molecule has 0 spiro atoms. The molecule has 0 aromatic heterocycles. The first-order chi connectivity index (χ1) is 6.31. The van der Waals surface area contributed by atoms with Gasteiger partial charge in [0, 0.05) is 12.3 Å². The van der Waals surface area contributed by atoms with Gasteiger partial charge in [0.05, 0.1) is 12.4 Å². The van der Waals surface area contributed by atoms with Crippen LogP contribution in [0.3, 0.4) is 0 Å². The number of terminal acetylenes is 1. The SMILES string of the molecule is C#CCSCCNC(=O)OCCO. The highest BCUT2D eigenvalue weighted by molar-refractivity contribution is 7.99.